The molecule has 12 heavy (non-hydrogen) atoms. The highest BCUT2D eigenvalue weighted by Crippen LogP contribution is 2.17. The number of nitrogens with zero attached hydrogens (tertiary/aromatic N) is 2. The quantitative estimate of drug-likeness (QED) is 0.646. The highest BCUT2D eigenvalue weighted by molar-refractivity contribution is 5.45. The summed E-state index contributed by atoms with van der Waals surface area (Å²) < 4.78 is 10.1. The summed E-state index contributed by atoms with van der Waals surface area (Å²) in [5, 5.41) is 3.72. The molecule has 4 nitrogen and oxygen atoms in total. The number of aromatic nitrogens is 2. The number of hydrogen-bond donors (Lipinski definition) is 0. The van der Waals surface area contributed by atoms with Gasteiger partial charge in [0.15, 0.2) is 5.76 Å². The van der Waals surface area contributed by atoms with Gasteiger partial charge in [-0.3, -0.25) is 0 Å². The van der Waals surface area contributed by atoms with Crippen molar-refractivity contribution in [3.05, 3.63) is 23.8 Å². The van der Waals surface area contributed by atoms with Crippen LogP contribution in [0, 0.1) is 13.8 Å². The third-order valence-corrected chi connectivity index (χ3v) is 1.49. The molecule has 0 fully saturated rings. The first-order chi connectivity index (χ1) is 5.75. The molecule has 0 aromatic carbocycles. The van der Waals surface area contributed by atoms with Gasteiger partial charge in [0.25, 0.3) is 0 Å². The van der Waals surface area contributed by atoms with E-state index in [0.717, 1.165) is 5.76 Å². The Hall–Kier alpha value is -1.58. The topological polar surface area (TPSA) is 52.1 Å². The summed E-state index contributed by atoms with van der Waals surface area (Å²) in [6.07, 6.45) is 0. The van der Waals surface area contributed by atoms with Crippen molar-refractivity contribution < 1.29 is 8.94 Å². The van der Waals surface area contributed by atoms with Gasteiger partial charge in [0.05, 0.1) is 0 Å². The highest BCUT2D eigenvalue weighted by atomic mass is 16.5. The zero-order valence-corrected chi connectivity index (χ0v) is 6.87. The van der Waals surface area contributed by atoms with E-state index in [1.165, 1.54) is 0 Å². The molecule has 0 saturated heterocycles. The van der Waals surface area contributed by atoms with Crippen molar-refractivity contribution in [1.82, 2.24) is 10.1 Å². The van der Waals surface area contributed by atoms with Crippen LogP contribution in [0.2, 0.25) is 0 Å². The number of aryl methyl sites for hydroxylation is 2. The lowest BCUT2D eigenvalue weighted by molar-refractivity contribution is 0.392. The molecule has 4 heteroatoms. The van der Waals surface area contributed by atoms with Crippen LogP contribution in [0.15, 0.2) is 21.1 Å². The molecule has 0 N–H and O–H groups in total. The predicted octanol–water partition coefficient (Wildman–Crippen LogP) is 1.95. The van der Waals surface area contributed by atoms with Crippen molar-refractivity contribution in [2.45, 2.75) is 13.8 Å². The van der Waals surface area contributed by atoms with Crippen molar-refractivity contribution in [1.29, 1.82) is 0 Å². The summed E-state index contributed by atoms with van der Waals surface area (Å²) >= 11 is 0. The van der Waals surface area contributed by atoms with E-state index in [4.69, 9.17) is 8.94 Å². The number of hydrogen-bond acceptors (Lipinski definition) is 4. The third kappa shape index (κ3) is 1.11. The first-order valence-corrected chi connectivity index (χ1v) is 3.63. The molecule has 0 amide bonds. The Morgan fingerprint density at radius 1 is 1.25 bits per heavy atom. The fourth-order valence-corrected chi connectivity index (χ4v) is 0.954. The molecule has 0 unspecified atom stereocenters. The van der Waals surface area contributed by atoms with Crippen LogP contribution in [-0.2, 0) is 0 Å². The summed E-state index contributed by atoms with van der Waals surface area (Å²) in [7, 11) is 0. The first kappa shape index (κ1) is 7.09. The molecule has 2 heterocycles. The van der Waals surface area contributed by atoms with Crippen molar-refractivity contribution in [2.75, 3.05) is 0 Å². The lowest BCUT2D eigenvalue weighted by Crippen LogP contribution is -1.75. The zero-order valence-electron chi connectivity index (χ0n) is 6.87. The lowest BCUT2D eigenvalue weighted by atomic mass is 10.4. The molecular weight excluding hydrogens is 156 g/mol. The zero-order chi connectivity index (χ0) is 8.55. The van der Waals surface area contributed by atoms with Crippen LogP contribution in [0.5, 0.6) is 0 Å². The smallest absolute Gasteiger partial charge is 0.238 e. The molecule has 62 valence electrons. The molecule has 0 radical (unpaired) electrons. The molecule has 2 rings (SSSR count). The van der Waals surface area contributed by atoms with Gasteiger partial charge in [0, 0.05) is 6.92 Å². The van der Waals surface area contributed by atoms with Crippen molar-refractivity contribution >= 4 is 0 Å². The average Bonchev–Trinajstić information content (AvgIpc) is 2.58. The van der Waals surface area contributed by atoms with Crippen LogP contribution in [0.1, 0.15) is 11.7 Å². The number of rotatable bonds is 1. The molecule has 0 aliphatic heterocycles. The van der Waals surface area contributed by atoms with Gasteiger partial charge in [-0.1, -0.05) is 5.16 Å². The Labute approximate surface area is 69.2 Å². The molecule has 0 saturated carbocycles. The van der Waals surface area contributed by atoms with Crippen molar-refractivity contribution in [3.63, 3.8) is 0 Å². The molecule has 0 spiro atoms. The Kier molecular flexibility index (Phi) is 1.46. The summed E-state index contributed by atoms with van der Waals surface area (Å²) in [6.45, 7) is 3.61. The van der Waals surface area contributed by atoms with Gasteiger partial charge in [-0.05, 0) is 19.1 Å². The van der Waals surface area contributed by atoms with Gasteiger partial charge in [0.1, 0.15) is 5.76 Å². The Balaban J connectivity index is 2.43. The van der Waals surface area contributed by atoms with Gasteiger partial charge >= 0.3 is 0 Å². The maximum Gasteiger partial charge on any atom is 0.238 e. The van der Waals surface area contributed by atoms with E-state index in [-0.39, 0.29) is 0 Å². The predicted molar refractivity (Wildman–Crippen MR) is 41.5 cm³/mol. The van der Waals surface area contributed by atoms with Gasteiger partial charge in [-0.2, -0.15) is 4.98 Å². The van der Waals surface area contributed by atoms with Gasteiger partial charge in [0.2, 0.25) is 11.7 Å². The maximum atomic E-state index is 5.30. The Bertz CT molecular complexity index is 351. The maximum absolute atomic E-state index is 5.30. The first-order valence-electron chi connectivity index (χ1n) is 3.63. The second kappa shape index (κ2) is 2.48. The number of furan rings is 1. The van der Waals surface area contributed by atoms with Gasteiger partial charge < -0.3 is 8.94 Å². The standard InChI is InChI=1S/C8H8N2O2/c1-5-3-4-7(11-5)8-9-6(2)12-10-8/h3-4H,1-2H3. The SMILES string of the molecule is Cc1ccc(-c2noc(C)n2)o1. The van der Waals surface area contributed by atoms with Crippen LogP contribution in [-0.4, -0.2) is 10.1 Å². The lowest BCUT2D eigenvalue weighted by Gasteiger charge is -1.83. The van der Waals surface area contributed by atoms with E-state index in [1.54, 1.807) is 6.92 Å². The van der Waals surface area contributed by atoms with Crippen LogP contribution >= 0.6 is 0 Å². The minimum Gasteiger partial charge on any atom is -0.458 e. The van der Waals surface area contributed by atoms with E-state index in [0.29, 0.717) is 17.5 Å². The van der Waals surface area contributed by atoms with Crippen LogP contribution in [0.25, 0.3) is 11.6 Å². The van der Waals surface area contributed by atoms with Crippen LogP contribution < -0.4 is 0 Å². The minimum absolute atomic E-state index is 0.501. The van der Waals surface area contributed by atoms with Crippen molar-refractivity contribution in [3.8, 4) is 11.6 Å². The summed E-state index contributed by atoms with van der Waals surface area (Å²) in [5.74, 6) is 2.52. The molecule has 0 aliphatic carbocycles. The monoisotopic (exact) mass is 164 g/mol. The molecule has 2 aromatic rings. The van der Waals surface area contributed by atoms with E-state index < -0.39 is 0 Å². The highest BCUT2D eigenvalue weighted by Gasteiger charge is 2.08. The van der Waals surface area contributed by atoms with Crippen molar-refractivity contribution in [2.24, 2.45) is 0 Å². The largest absolute Gasteiger partial charge is 0.458 e. The second-order valence-electron chi connectivity index (χ2n) is 2.55. The van der Waals surface area contributed by atoms with Crippen LogP contribution in [0.3, 0.4) is 0 Å². The Morgan fingerprint density at radius 2 is 2.08 bits per heavy atom. The van der Waals surface area contributed by atoms with Gasteiger partial charge in [-0.15, -0.1) is 0 Å². The fraction of sp³-hybridized carbons (Fsp3) is 0.250. The summed E-state index contributed by atoms with van der Waals surface area (Å²) in [6, 6.07) is 3.68. The second-order valence-corrected chi connectivity index (χ2v) is 2.55. The van der Waals surface area contributed by atoms with Crippen LogP contribution in [0.4, 0.5) is 0 Å². The molecule has 0 bridgehead atoms. The van der Waals surface area contributed by atoms with E-state index in [2.05, 4.69) is 10.1 Å². The van der Waals surface area contributed by atoms with E-state index >= 15 is 0 Å². The average molecular weight is 164 g/mol. The fourth-order valence-electron chi connectivity index (χ4n) is 0.954. The third-order valence-electron chi connectivity index (χ3n) is 1.49. The normalized spacial score (nSPS) is 10.5. The molecule has 2 aromatic heterocycles. The van der Waals surface area contributed by atoms with Gasteiger partial charge in [-0.25, -0.2) is 0 Å². The summed E-state index contributed by atoms with van der Waals surface area (Å²) in [5.41, 5.74) is 0. The molecular formula is C8H8N2O2. The molecule has 0 aliphatic rings. The Morgan fingerprint density at radius 3 is 2.58 bits per heavy atom. The molecule has 0 atom stereocenters. The summed E-state index contributed by atoms with van der Waals surface area (Å²) in [4.78, 5) is 4.02. The minimum atomic E-state index is 0.501. The van der Waals surface area contributed by atoms with E-state index in [9.17, 15) is 0 Å². The van der Waals surface area contributed by atoms with E-state index in [1.807, 2.05) is 19.1 Å².